The molecule has 0 atom stereocenters. The van der Waals surface area contributed by atoms with E-state index in [0.717, 1.165) is 17.5 Å². The lowest BCUT2D eigenvalue weighted by molar-refractivity contribution is -0.146. The summed E-state index contributed by atoms with van der Waals surface area (Å²) in [5.41, 5.74) is -0.285. The highest BCUT2D eigenvalue weighted by Gasteiger charge is 2.21. The van der Waals surface area contributed by atoms with Gasteiger partial charge in [0, 0.05) is 6.20 Å². The lowest BCUT2D eigenvalue weighted by Crippen LogP contribution is -2.19. The van der Waals surface area contributed by atoms with Crippen LogP contribution in [-0.2, 0) is 19.1 Å². The molecule has 0 unspecified atom stereocenters. The topological polar surface area (TPSA) is 102 Å². The first kappa shape index (κ1) is 16.7. The predicted octanol–water partition coefficient (Wildman–Crippen LogP) is 1.87. The zero-order valence-corrected chi connectivity index (χ0v) is 12.4. The first-order chi connectivity index (χ1) is 10.0. The van der Waals surface area contributed by atoms with Gasteiger partial charge in [0.25, 0.3) is 0 Å². The molecule has 0 amide bonds. The molecule has 0 saturated carbocycles. The smallest absolute Gasteiger partial charge is 0.347 e. The quantitative estimate of drug-likeness (QED) is 0.343. The van der Waals surface area contributed by atoms with Gasteiger partial charge in [0.15, 0.2) is 5.57 Å². The van der Waals surface area contributed by atoms with E-state index in [2.05, 4.69) is 5.32 Å². The number of thiophene rings is 1. The minimum Gasteiger partial charge on any atom is -0.478 e. The Morgan fingerprint density at radius 3 is 2.29 bits per heavy atom. The monoisotopic (exact) mass is 313 g/mol. The number of nitrogens with one attached hydrogen (secondary N) is 1. The van der Waals surface area contributed by atoms with E-state index in [9.17, 15) is 14.4 Å². The van der Waals surface area contributed by atoms with Crippen molar-refractivity contribution in [1.29, 1.82) is 0 Å². The zero-order chi connectivity index (χ0) is 15.8. The van der Waals surface area contributed by atoms with E-state index >= 15 is 0 Å². The Morgan fingerprint density at radius 1 is 1.24 bits per heavy atom. The van der Waals surface area contributed by atoms with E-state index in [1.54, 1.807) is 19.2 Å². The Balaban J connectivity index is 2.97. The summed E-state index contributed by atoms with van der Waals surface area (Å²) in [6, 6.07) is 1.41. The summed E-state index contributed by atoms with van der Waals surface area (Å²) in [4.78, 5) is 34.4. The van der Waals surface area contributed by atoms with Crippen molar-refractivity contribution in [2.75, 3.05) is 18.5 Å². The van der Waals surface area contributed by atoms with Crippen molar-refractivity contribution in [2.24, 2.45) is 0 Å². The highest BCUT2D eigenvalue weighted by atomic mass is 32.1. The van der Waals surface area contributed by atoms with E-state index in [0.29, 0.717) is 5.00 Å². The SMILES string of the molecule is CCOC(=O)C(=CNc1sccc1C(=O)O)C(=O)OCC. The van der Waals surface area contributed by atoms with Crippen LogP contribution in [-0.4, -0.2) is 36.2 Å². The summed E-state index contributed by atoms with van der Waals surface area (Å²) in [6.07, 6.45) is 1.09. The van der Waals surface area contributed by atoms with E-state index in [1.807, 2.05) is 0 Å². The molecule has 1 heterocycles. The molecule has 0 bridgehead atoms. The van der Waals surface area contributed by atoms with Crippen LogP contribution < -0.4 is 5.32 Å². The van der Waals surface area contributed by atoms with Crippen LogP contribution in [0.5, 0.6) is 0 Å². The maximum absolute atomic E-state index is 11.7. The van der Waals surface area contributed by atoms with E-state index in [-0.39, 0.29) is 24.4 Å². The number of carbonyl (C=O) groups is 3. The standard InChI is InChI=1S/C13H15NO6S/c1-3-19-12(17)9(13(18)20-4-2)7-14-10-8(11(15)16)5-6-21-10/h5-7,14H,3-4H2,1-2H3,(H,15,16). The normalized spacial score (nSPS) is 9.62. The van der Waals surface area contributed by atoms with Crippen LogP contribution in [0.4, 0.5) is 5.00 Å². The van der Waals surface area contributed by atoms with Gasteiger partial charge in [-0.3, -0.25) is 0 Å². The molecular formula is C13H15NO6S. The van der Waals surface area contributed by atoms with E-state index < -0.39 is 17.9 Å². The summed E-state index contributed by atoms with van der Waals surface area (Å²) in [5, 5.41) is 13.5. The van der Waals surface area contributed by atoms with Crippen molar-refractivity contribution in [3.8, 4) is 0 Å². The highest BCUT2D eigenvalue weighted by molar-refractivity contribution is 7.14. The number of esters is 2. The van der Waals surface area contributed by atoms with Crippen LogP contribution in [0.15, 0.2) is 23.2 Å². The molecule has 7 nitrogen and oxygen atoms in total. The molecular weight excluding hydrogens is 298 g/mol. The van der Waals surface area contributed by atoms with Gasteiger partial charge in [-0.25, -0.2) is 14.4 Å². The van der Waals surface area contributed by atoms with Crippen LogP contribution in [0.3, 0.4) is 0 Å². The lowest BCUT2D eigenvalue weighted by atomic mass is 10.3. The van der Waals surface area contributed by atoms with Crippen molar-refractivity contribution >= 4 is 34.2 Å². The van der Waals surface area contributed by atoms with Gasteiger partial charge in [0.2, 0.25) is 0 Å². The second-order valence-corrected chi connectivity index (χ2v) is 4.53. The number of hydrogen-bond acceptors (Lipinski definition) is 7. The Bertz CT molecular complexity index is 543. The fraction of sp³-hybridized carbons (Fsp3) is 0.308. The molecule has 0 saturated heterocycles. The lowest BCUT2D eigenvalue weighted by Gasteiger charge is -2.07. The first-order valence-electron chi connectivity index (χ1n) is 6.12. The second-order valence-electron chi connectivity index (χ2n) is 3.61. The third-order valence-electron chi connectivity index (χ3n) is 2.23. The molecule has 0 aliphatic heterocycles. The Labute approximate surface area is 125 Å². The number of ether oxygens (including phenoxy) is 2. The van der Waals surface area contributed by atoms with Crippen LogP contribution in [0.2, 0.25) is 0 Å². The van der Waals surface area contributed by atoms with Gasteiger partial charge in [-0.2, -0.15) is 0 Å². The molecule has 0 aliphatic rings. The molecule has 0 spiro atoms. The zero-order valence-electron chi connectivity index (χ0n) is 11.5. The number of carboxylic acids is 1. The minimum absolute atomic E-state index is 0.0447. The summed E-state index contributed by atoms with van der Waals surface area (Å²) in [7, 11) is 0. The van der Waals surface area contributed by atoms with Gasteiger partial charge >= 0.3 is 17.9 Å². The number of aromatic carboxylic acids is 1. The average molecular weight is 313 g/mol. The molecule has 0 aliphatic carbocycles. The molecule has 1 aromatic rings. The maximum Gasteiger partial charge on any atom is 0.347 e. The van der Waals surface area contributed by atoms with Crippen molar-refractivity contribution < 1.29 is 29.0 Å². The number of rotatable bonds is 7. The minimum atomic E-state index is -1.11. The molecule has 1 rings (SSSR count). The second kappa shape index (κ2) is 8.05. The Morgan fingerprint density at radius 2 is 1.81 bits per heavy atom. The van der Waals surface area contributed by atoms with Crippen molar-refractivity contribution in [2.45, 2.75) is 13.8 Å². The molecule has 1 aromatic heterocycles. The maximum atomic E-state index is 11.7. The van der Waals surface area contributed by atoms with Crippen molar-refractivity contribution in [3.63, 3.8) is 0 Å². The summed E-state index contributed by atoms with van der Waals surface area (Å²) in [5.74, 6) is -2.78. The number of hydrogen-bond donors (Lipinski definition) is 2. The molecule has 114 valence electrons. The first-order valence-corrected chi connectivity index (χ1v) is 7.00. The number of carboxylic acid groups (broad SMARTS) is 1. The van der Waals surface area contributed by atoms with E-state index in [1.165, 1.54) is 6.07 Å². The third-order valence-corrected chi connectivity index (χ3v) is 3.08. The van der Waals surface area contributed by atoms with Crippen LogP contribution in [0.25, 0.3) is 0 Å². The Hall–Kier alpha value is -2.35. The van der Waals surface area contributed by atoms with Crippen LogP contribution in [0.1, 0.15) is 24.2 Å². The van der Waals surface area contributed by atoms with Gasteiger partial charge in [0.1, 0.15) is 5.00 Å². The van der Waals surface area contributed by atoms with Gasteiger partial charge in [-0.15, -0.1) is 11.3 Å². The van der Waals surface area contributed by atoms with E-state index in [4.69, 9.17) is 14.6 Å². The molecule has 0 radical (unpaired) electrons. The van der Waals surface area contributed by atoms with Gasteiger partial charge in [-0.1, -0.05) is 0 Å². The predicted molar refractivity (Wildman–Crippen MR) is 76.3 cm³/mol. The average Bonchev–Trinajstić information content (AvgIpc) is 2.88. The fourth-order valence-electron chi connectivity index (χ4n) is 1.35. The molecule has 0 aromatic carbocycles. The molecule has 21 heavy (non-hydrogen) atoms. The van der Waals surface area contributed by atoms with Crippen molar-refractivity contribution in [3.05, 3.63) is 28.8 Å². The third kappa shape index (κ3) is 4.60. The summed E-state index contributed by atoms with van der Waals surface area (Å²) in [6.45, 7) is 3.43. The number of carbonyl (C=O) groups excluding carboxylic acids is 2. The summed E-state index contributed by atoms with van der Waals surface area (Å²) >= 11 is 1.13. The largest absolute Gasteiger partial charge is 0.478 e. The molecule has 8 heteroatoms. The van der Waals surface area contributed by atoms with Gasteiger partial charge < -0.3 is 19.9 Å². The van der Waals surface area contributed by atoms with Gasteiger partial charge in [-0.05, 0) is 25.3 Å². The summed E-state index contributed by atoms with van der Waals surface area (Å²) < 4.78 is 9.52. The number of anilines is 1. The molecule has 2 N–H and O–H groups in total. The highest BCUT2D eigenvalue weighted by Crippen LogP contribution is 2.23. The van der Waals surface area contributed by atoms with Crippen LogP contribution >= 0.6 is 11.3 Å². The van der Waals surface area contributed by atoms with Crippen molar-refractivity contribution in [1.82, 2.24) is 0 Å². The van der Waals surface area contributed by atoms with Gasteiger partial charge in [0.05, 0.1) is 18.8 Å². The van der Waals surface area contributed by atoms with Crippen LogP contribution in [0, 0.1) is 0 Å². The fourth-order valence-corrected chi connectivity index (χ4v) is 2.10. The Kier molecular flexibility index (Phi) is 6.41. The molecule has 0 fully saturated rings.